The highest BCUT2D eigenvalue weighted by Crippen LogP contribution is 2.36. The number of aliphatic hydroxyl groups excluding tert-OH is 3. The molecule has 1 aliphatic heterocycles. The Labute approximate surface area is 136 Å². The van der Waals surface area contributed by atoms with Gasteiger partial charge in [0.15, 0.2) is 17.6 Å². The monoisotopic (exact) mass is 342 g/mol. The molecular weight excluding hydrogens is 324 g/mol. The first-order valence-corrected chi connectivity index (χ1v) is 6.92. The van der Waals surface area contributed by atoms with Gasteiger partial charge in [-0.3, -0.25) is 0 Å². The molecule has 0 spiro atoms. The molecule has 1 heterocycles. The van der Waals surface area contributed by atoms with Crippen LogP contribution in [0.15, 0.2) is 18.7 Å². The van der Waals surface area contributed by atoms with E-state index in [1.54, 1.807) is 0 Å². The van der Waals surface area contributed by atoms with Crippen LogP contribution in [0.5, 0.6) is 17.2 Å². The maximum atomic E-state index is 11.1. The van der Waals surface area contributed by atoms with E-state index in [0.29, 0.717) is 5.56 Å². The number of rotatable bonds is 5. The Morgan fingerprint density at radius 3 is 2.42 bits per heavy atom. The van der Waals surface area contributed by atoms with Crippen molar-refractivity contribution in [3.8, 4) is 17.2 Å². The maximum absolute atomic E-state index is 11.1. The van der Waals surface area contributed by atoms with Crippen molar-refractivity contribution in [2.24, 2.45) is 0 Å². The molecule has 5 atom stereocenters. The van der Waals surface area contributed by atoms with Crippen LogP contribution in [-0.2, 0) is 9.53 Å². The zero-order valence-corrected chi connectivity index (χ0v) is 12.7. The van der Waals surface area contributed by atoms with E-state index < -0.39 is 36.7 Å². The molecule has 1 aromatic rings. The normalized spacial score (nSPS) is 29.8. The second-order valence-corrected chi connectivity index (χ2v) is 5.12. The van der Waals surface area contributed by atoms with Crippen LogP contribution in [0.3, 0.4) is 0 Å². The molecule has 9 heteroatoms. The summed E-state index contributed by atoms with van der Waals surface area (Å²) < 4.78 is 15.4. The largest absolute Gasteiger partial charge is 0.507 e. The number of hydrogen-bond donors (Lipinski definition) is 5. The zero-order chi connectivity index (χ0) is 18.0. The number of carboxylic acid groups (broad SMARTS) is 1. The molecule has 9 nitrogen and oxygen atoms in total. The molecule has 2 rings (SSSR count). The van der Waals surface area contributed by atoms with E-state index in [4.69, 9.17) is 19.3 Å². The predicted molar refractivity (Wildman–Crippen MR) is 79.7 cm³/mol. The molecule has 132 valence electrons. The Kier molecular flexibility index (Phi) is 5.30. The molecule has 24 heavy (non-hydrogen) atoms. The SMILES string of the molecule is C=Cc1cc(OC)c(OC2OC(C(=O)O)C(O)C(O)C2O)cc1O. The number of aromatic hydroxyl groups is 1. The third-order valence-corrected chi connectivity index (χ3v) is 3.59. The van der Waals surface area contributed by atoms with Crippen LogP contribution in [0.4, 0.5) is 0 Å². The van der Waals surface area contributed by atoms with Gasteiger partial charge in [0.05, 0.1) is 7.11 Å². The summed E-state index contributed by atoms with van der Waals surface area (Å²) in [5, 5.41) is 48.2. The third kappa shape index (κ3) is 3.29. The van der Waals surface area contributed by atoms with Gasteiger partial charge in [-0.1, -0.05) is 12.7 Å². The van der Waals surface area contributed by atoms with Gasteiger partial charge < -0.3 is 39.7 Å². The number of methoxy groups -OCH3 is 1. The van der Waals surface area contributed by atoms with Crippen LogP contribution in [0.1, 0.15) is 5.56 Å². The Bertz CT molecular complexity index is 630. The topological polar surface area (TPSA) is 146 Å². The lowest BCUT2D eigenvalue weighted by molar-refractivity contribution is -0.271. The molecular formula is C15H18O9. The standard InChI is InChI=1S/C15H18O9/c1-3-6-4-8(22-2)9(5-7(6)16)23-15-12(19)10(17)11(18)13(24-15)14(20)21/h3-5,10-13,15-19H,1H2,2H3,(H,20,21). The van der Waals surface area contributed by atoms with Gasteiger partial charge in [-0.2, -0.15) is 0 Å². The second-order valence-electron chi connectivity index (χ2n) is 5.12. The maximum Gasteiger partial charge on any atom is 0.335 e. The van der Waals surface area contributed by atoms with Gasteiger partial charge in [-0.25, -0.2) is 4.79 Å². The van der Waals surface area contributed by atoms with Gasteiger partial charge in [-0.05, 0) is 6.07 Å². The second kappa shape index (κ2) is 7.05. The summed E-state index contributed by atoms with van der Waals surface area (Å²) in [5.74, 6) is -1.62. The average Bonchev–Trinajstić information content (AvgIpc) is 2.55. The molecule has 1 aliphatic rings. The summed E-state index contributed by atoms with van der Waals surface area (Å²) in [4.78, 5) is 11.1. The lowest BCUT2D eigenvalue weighted by atomic mass is 9.99. The summed E-state index contributed by atoms with van der Waals surface area (Å²) >= 11 is 0. The van der Waals surface area contributed by atoms with Crippen LogP contribution in [0.2, 0.25) is 0 Å². The van der Waals surface area contributed by atoms with Crippen LogP contribution < -0.4 is 9.47 Å². The molecule has 0 aromatic heterocycles. The molecule has 1 saturated heterocycles. The lowest BCUT2D eigenvalue weighted by Crippen LogP contribution is -2.61. The predicted octanol–water partition coefficient (Wildman–Crippen LogP) is -0.685. The average molecular weight is 342 g/mol. The number of aliphatic carboxylic acids is 1. The number of phenols is 1. The van der Waals surface area contributed by atoms with Crippen LogP contribution in [0, 0.1) is 0 Å². The minimum absolute atomic E-state index is 0.0580. The van der Waals surface area contributed by atoms with E-state index in [-0.39, 0.29) is 17.2 Å². The molecule has 5 N–H and O–H groups in total. The van der Waals surface area contributed by atoms with E-state index in [1.165, 1.54) is 25.3 Å². The first kappa shape index (κ1) is 18.0. The van der Waals surface area contributed by atoms with E-state index in [1.807, 2.05) is 0 Å². The molecule has 0 amide bonds. The minimum atomic E-state index is -1.82. The van der Waals surface area contributed by atoms with Crippen molar-refractivity contribution in [3.05, 3.63) is 24.3 Å². The van der Waals surface area contributed by atoms with Crippen LogP contribution >= 0.6 is 0 Å². The Hall–Kier alpha value is -2.33. The van der Waals surface area contributed by atoms with Crippen molar-refractivity contribution in [1.29, 1.82) is 0 Å². The minimum Gasteiger partial charge on any atom is -0.507 e. The number of carbonyl (C=O) groups is 1. The first-order chi connectivity index (χ1) is 11.3. The molecule has 0 saturated carbocycles. The van der Waals surface area contributed by atoms with E-state index in [2.05, 4.69) is 6.58 Å². The Morgan fingerprint density at radius 1 is 1.21 bits per heavy atom. The first-order valence-electron chi connectivity index (χ1n) is 6.92. The van der Waals surface area contributed by atoms with E-state index >= 15 is 0 Å². The van der Waals surface area contributed by atoms with Gasteiger partial charge in [0.2, 0.25) is 6.29 Å². The smallest absolute Gasteiger partial charge is 0.335 e. The highest BCUT2D eigenvalue weighted by molar-refractivity contribution is 5.73. The van der Waals surface area contributed by atoms with Crippen molar-refractivity contribution in [2.45, 2.75) is 30.7 Å². The fourth-order valence-corrected chi connectivity index (χ4v) is 2.25. The lowest BCUT2D eigenvalue weighted by Gasteiger charge is -2.38. The number of hydrogen-bond acceptors (Lipinski definition) is 8. The van der Waals surface area contributed by atoms with Gasteiger partial charge in [0.1, 0.15) is 24.1 Å². The summed E-state index contributed by atoms with van der Waals surface area (Å²) in [7, 11) is 1.34. The van der Waals surface area contributed by atoms with Gasteiger partial charge in [0.25, 0.3) is 0 Å². The van der Waals surface area contributed by atoms with Gasteiger partial charge >= 0.3 is 5.97 Å². The number of phenolic OH excluding ortho intramolecular Hbond substituents is 1. The number of benzene rings is 1. The zero-order valence-electron chi connectivity index (χ0n) is 12.7. The molecule has 1 aromatic carbocycles. The third-order valence-electron chi connectivity index (χ3n) is 3.59. The van der Waals surface area contributed by atoms with Gasteiger partial charge in [0, 0.05) is 11.6 Å². The summed E-state index contributed by atoms with van der Waals surface area (Å²) in [6.45, 7) is 3.53. The fraction of sp³-hybridized carbons (Fsp3) is 0.400. The van der Waals surface area contributed by atoms with Crippen LogP contribution in [-0.4, -0.2) is 69.3 Å². The highest BCUT2D eigenvalue weighted by Gasteiger charge is 2.48. The molecule has 0 radical (unpaired) electrons. The summed E-state index contributed by atoms with van der Waals surface area (Å²) in [5.41, 5.74) is 0.364. The summed E-state index contributed by atoms with van der Waals surface area (Å²) in [6.07, 6.45) is -7.35. The Balaban J connectivity index is 2.30. The van der Waals surface area contributed by atoms with Crippen molar-refractivity contribution in [2.75, 3.05) is 7.11 Å². The van der Waals surface area contributed by atoms with Crippen molar-refractivity contribution >= 4 is 12.0 Å². The Morgan fingerprint density at radius 2 is 1.88 bits per heavy atom. The van der Waals surface area contributed by atoms with E-state index in [0.717, 1.165) is 0 Å². The molecule has 0 bridgehead atoms. The summed E-state index contributed by atoms with van der Waals surface area (Å²) in [6, 6.07) is 2.58. The van der Waals surface area contributed by atoms with Gasteiger partial charge in [-0.15, -0.1) is 0 Å². The molecule has 0 aliphatic carbocycles. The number of carboxylic acids is 1. The van der Waals surface area contributed by atoms with Crippen molar-refractivity contribution in [3.63, 3.8) is 0 Å². The van der Waals surface area contributed by atoms with Crippen molar-refractivity contribution < 1.29 is 44.5 Å². The highest BCUT2D eigenvalue weighted by atomic mass is 16.7. The molecule has 5 unspecified atom stereocenters. The van der Waals surface area contributed by atoms with Crippen molar-refractivity contribution in [1.82, 2.24) is 0 Å². The quantitative estimate of drug-likeness (QED) is 0.469. The van der Waals surface area contributed by atoms with Crippen LogP contribution in [0.25, 0.3) is 6.08 Å². The molecule has 1 fully saturated rings. The van der Waals surface area contributed by atoms with E-state index in [9.17, 15) is 25.2 Å². The fourth-order valence-electron chi connectivity index (χ4n) is 2.25. The number of aliphatic hydroxyl groups is 3. The number of ether oxygens (including phenoxy) is 3.